The van der Waals surface area contributed by atoms with Crippen molar-refractivity contribution in [2.75, 3.05) is 17.3 Å². The van der Waals surface area contributed by atoms with Crippen LogP contribution in [-0.4, -0.2) is 58.1 Å². The van der Waals surface area contributed by atoms with Gasteiger partial charge in [-0.2, -0.15) is 0 Å². The minimum atomic E-state index is -3.04. The number of halogens is 1. The van der Waals surface area contributed by atoms with Gasteiger partial charge in [0.05, 0.1) is 34.8 Å². The third kappa shape index (κ3) is 4.67. The molecule has 2 aromatic carbocycles. The van der Waals surface area contributed by atoms with E-state index in [1.807, 2.05) is 41.3 Å². The lowest BCUT2D eigenvalue weighted by atomic mass is 10.2. The average Bonchev–Trinajstić information content (AvgIpc) is 3.45. The third-order valence-electron chi connectivity index (χ3n) is 6.01. The summed E-state index contributed by atoms with van der Waals surface area (Å²) in [4.78, 5) is 19.8. The fourth-order valence-corrected chi connectivity index (χ4v) is 7.12. The summed E-state index contributed by atoms with van der Waals surface area (Å²) in [6.07, 6.45) is 2.45. The summed E-state index contributed by atoms with van der Waals surface area (Å²) >= 11 is 7.59. The number of imidazole rings is 1. The molecule has 2 fully saturated rings. The van der Waals surface area contributed by atoms with Crippen LogP contribution < -0.4 is 0 Å². The summed E-state index contributed by atoms with van der Waals surface area (Å²) in [7, 11) is -3.04. The lowest BCUT2D eigenvalue weighted by Crippen LogP contribution is -2.43. The van der Waals surface area contributed by atoms with Crippen molar-refractivity contribution in [2.45, 2.75) is 43.0 Å². The molecule has 168 valence electrons. The highest BCUT2D eigenvalue weighted by molar-refractivity contribution is 7.99. The Kier molecular flexibility index (Phi) is 5.94. The SMILES string of the molecule is O=C(CSc1nc2cc(Cl)ccc2n1Cc1ccccc1)N(C1CC1)C1CCS(=O)(=O)C1. The number of sulfone groups is 1. The first-order valence-corrected chi connectivity index (χ1v) is 13.9. The number of aromatic nitrogens is 2. The molecule has 1 saturated carbocycles. The fraction of sp³-hybridized carbons (Fsp3) is 0.391. The lowest BCUT2D eigenvalue weighted by molar-refractivity contribution is -0.130. The van der Waals surface area contributed by atoms with E-state index in [0.29, 0.717) is 18.0 Å². The molecule has 2 aliphatic rings. The largest absolute Gasteiger partial charge is 0.335 e. The molecule has 9 heteroatoms. The summed E-state index contributed by atoms with van der Waals surface area (Å²) in [5.41, 5.74) is 2.91. The summed E-state index contributed by atoms with van der Waals surface area (Å²) in [6.45, 7) is 0.642. The quantitative estimate of drug-likeness (QED) is 0.469. The molecule has 32 heavy (non-hydrogen) atoms. The van der Waals surface area contributed by atoms with Gasteiger partial charge in [-0.25, -0.2) is 13.4 Å². The van der Waals surface area contributed by atoms with Crippen molar-refractivity contribution in [1.29, 1.82) is 0 Å². The molecule has 1 aliphatic heterocycles. The predicted octanol–water partition coefficient (Wildman–Crippen LogP) is 4.01. The normalized spacial score (nSPS) is 20.0. The van der Waals surface area contributed by atoms with Gasteiger partial charge >= 0.3 is 0 Å². The molecule has 2 heterocycles. The Morgan fingerprint density at radius 3 is 2.59 bits per heavy atom. The molecular weight excluding hydrogens is 466 g/mol. The second-order valence-corrected chi connectivity index (χ2v) is 12.1. The van der Waals surface area contributed by atoms with E-state index in [2.05, 4.69) is 16.7 Å². The maximum atomic E-state index is 13.2. The predicted molar refractivity (Wildman–Crippen MR) is 128 cm³/mol. The van der Waals surface area contributed by atoms with Crippen LogP contribution in [0.3, 0.4) is 0 Å². The fourth-order valence-electron chi connectivity index (χ4n) is 4.36. The summed E-state index contributed by atoms with van der Waals surface area (Å²) in [6, 6.07) is 15.8. The van der Waals surface area contributed by atoms with Crippen LogP contribution in [0.2, 0.25) is 5.02 Å². The molecule has 1 amide bonds. The Balaban J connectivity index is 1.38. The van der Waals surface area contributed by atoms with Gasteiger partial charge in [0.25, 0.3) is 0 Å². The molecule has 1 unspecified atom stereocenters. The molecule has 5 rings (SSSR count). The van der Waals surface area contributed by atoms with E-state index >= 15 is 0 Å². The highest BCUT2D eigenvalue weighted by Crippen LogP contribution is 2.34. The van der Waals surface area contributed by atoms with Crippen LogP contribution in [0.1, 0.15) is 24.8 Å². The van der Waals surface area contributed by atoms with Gasteiger partial charge in [0, 0.05) is 17.1 Å². The van der Waals surface area contributed by atoms with Gasteiger partial charge < -0.3 is 9.47 Å². The topological polar surface area (TPSA) is 72.3 Å². The second-order valence-electron chi connectivity index (χ2n) is 8.48. The monoisotopic (exact) mass is 489 g/mol. The zero-order valence-electron chi connectivity index (χ0n) is 17.5. The van der Waals surface area contributed by atoms with Gasteiger partial charge in [-0.05, 0) is 43.0 Å². The molecule has 0 radical (unpaired) electrons. The minimum Gasteiger partial charge on any atom is -0.335 e. The number of benzene rings is 2. The molecule has 0 spiro atoms. The smallest absolute Gasteiger partial charge is 0.233 e. The number of carbonyl (C=O) groups excluding carboxylic acids is 1. The van der Waals surface area contributed by atoms with Crippen LogP contribution in [0.25, 0.3) is 11.0 Å². The van der Waals surface area contributed by atoms with Crippen LogP contribution in [0.4, 0.5) is 0 Å². The van der Waals surface area contributed by atoms with E-state index in [0.717, 1.165) is 34.6 Å². The van der Waals surface area contributed by atoms with Crippen molar-refractivity contribution < 1.29 is 13.2 Å². The van der Waals surface area contributed by atoms with Crippen molar-refractivity contribution in [3.05, 3.63) is 59.1 Å². The number of rotatable bonds is 7. The number of hydrogen-bond acceptors (Lipinski definition) is 5. The molecule has 6 nitrogen and oxygen atoms in total. The number of fused-ring (bicyclic) bond motifs is 1. The lowest BCUT2D eigenvalue weighted by Gasteiger charge is -2.28. The Labute approximate surface area is 196 Å². The highest BCUT2D eigenvalue weighted by Gasteiger charge is 2.42. The third-order valence-corrected chi connectivity index (χ3v) is 8.96. The van der Waals surface area contributed by atoms with E-state index in [9.17, 15) is 13.2 Å². The molecule has 1 atom stereocenters. The van der Waals surface area contributed by atoms with Gasteiger partial charge in [-0.3, -0.25) is 4.79 Å². The molecule has 3 aromatic rings. The first kappa shape index (κ1) is 21.8. The van der Waals surface area contributed by atoms with Crippen molar-refractivity contribution in [2.24, 2.45) is 0 Å². The van der Waals surface area contributed by atoms with Crippen molar-refractivity contribution in [3.8, 4) is 0 Å². The zero-order valence-corrected chi connectivity index (χ0v) is 19.9. The van der Waals surface area contributed by atoms with Crippen molar-refractivity contribution >= 4 is 50.1 Å². The molecule has 0 bridgehead atoms. The van der Waals surface area contributed by atoms with E-state index in [1.54, 1.807) is 0 Å². The van der Waals surface area contributed by atoms with Crippen LogP contribution in [0, 0.1) is 0 Å². The molecule has 0 N–H and O–H groups in total. The highest BCUT2D eigenvalue weighted by atomic mass is 35.5. The number of carbonyl (C=O) groups is 1. The van der Waals surface area contributed by atoms with Gasteiger partial charge in [-0.1, -0.05) is 53.7 Å². The van der Waals surface area contributed by atoms with Crippen LogP contribution in [0.15, 0.2) is 53.7 Å². The number of amides is 1. The summed E-state index contributed by atoms with van der Waals surface area (Å²) < 4.78 is 26.0. The van der Waals surface area contributed by atoms with Crippen LogP contribution in [0.5, 0.6) is 0 Å². The maximum Gasteiger partial charge on any atom is 0.233 e. The maximum absolute atomic E-state index is 13.2. The molecule has 1 aliphatic carbocycles. The Morgan fingerprint density at radius 2 is 1.91 bits per heavy atom. The van der Waals surface area contributed by atoms with E-state index in [-0.39, 0.29) is 35.2 Å². The van der Waals surface area contributed by atoms with Gasteiger partial charge in [0.15, 0.2) is 15.0 Å². The van der Waals surface area contributed by atoms with Gasteiger partial charge in [0.1, 0.15) is 0 Å². The average molecular weight is 490 g/mol. The standard InChI is InChI=1S/C23H24ClN3O3S2/c24-17-6-9-21-20(12-17)25-23(26(21)13-16-4-2-1-3-5-16)31-14-22(28)27(18-7-8-18)19-10-11-32(29,30)15-19/h1-6,9,12,18-19H,7-8,10-11,13-15H2. The Morgan fingerprint density at radius 1 is 1.12 bits per heavy atom. The van der Waals surface area contributed by atoms with Crippen LogP contribution in [-0.2, 0) is 21.2 Å². The van der Waals surface area contributed by atoms with Gasteiger partial charge in [-0.15, -0.1) is 0 Å². The minimum absolute atomic E-state index is 0.00375. The molecule has 1 aromatic heterocycles. The first-order valence-electron chi connectivity index (χ1n) is 10.7. The summed E-state index contributed by atoms with van der Waals surface area (Å²) in [5.74, 6) is 0.495. The summed E-state index contributed by atoms with van der Waals surface area (Å²) in [5, 5.41) is 1.38. The number of nitrogens with zero attached hydrogens (tertiary/aromatic N) is 3. The van der Waals surface area contributed by atoms with E-state index in [1.165, 1.54) is 11.8 Å². The zero-order chi connectivity index (χ0) is 22.3. The second kappa shape index (κ2) is 8.72. The number of thioether (sulfide) groups is 1. The van der Waals surface area contributed by atoms with E-state index in [4.69, 9.17) is 16.6 Å². The molecule has 1 saturated heterocycles. The number of hydrogen-bond donors (Lipinski definition) is 0. The Bertz CT molecular complexity index is 1260. The molecular formula is C23H24ClN3O3S2. The van der Waals surface area contributed by atoms with Gasteiger partial charge in [0.2, 0.25) is 5.91 Å². The van der Waals surface area contributed by atoms with Crippen molar-refractivity contribution in [3.63, 3.8) is 0 Å². The first-order chi connectivity index (χ1) is 15.4. The van der Waals surface area contributed by atoms with E-state index < -0.39 is 9.84 Å². The van der Waals surface area contributed by atoms with Crippen molar-refractivity contribution in [1.82, 2.24) is 14.5 Å². The Hall–Kier alpha value is -2.03. The van der Waals surface area contributed by atoms with Crippen LogP contribution >= 0.6 is 23.4 Å².